The highest BCUT2D eigenvalue weighted by molar-refractivity contribution is 5.96. The van der Waals surface area contributed by atoms with Gasteiger partial charge in [0.1, 0.15) is 0 Å². The Morgan fingerprint density at radius 3 is 2.14 bits per heavy atom. The van der Waals surface area contributed by atoms with Crippen molar-refractivity contribution in [3.8, 4) is 5.69 Å². The van der Waals surface area contributed by atoms with Crippen LogP contribution in [0.2, 0.25) is 0 Å². The van der Waals surface area contributed by atoms with Crippen LogP contribution in [0.5, 0.6) is 0 Å². The number of aryl methyl sites for hydroxylation is 1. The molecule has 4 fully saturated rings. The number of nitrogens with zero attached hydrogens (tertiary/aromatic N) is 2. The van der Waals surface area contributed by atoms with E-state index < -0.39 is 0 Å². The van der Waals surface area contributed by atoms with Crippen LogP contribution in [-0.4, -0.2) is 21.7 Å². The van der Waals surface area contributed by atoms with Gasteiger partial charge in [0.2, 0.25) is 0 Å². The van der Waals surface area contributed by atoms with Crippen molar-refractivity contribution in [2.24, 2.45) is 23.7 Å². The Hall–Kier alpha value is -2.10. The predicted octanol–water partition coefficient (Wildman–Crippen LogP) is 5.03. The van der Waals surface area contributed by atoms with E-state index in [2.05, 4.69) is 62.4 Å². The van der Waals surface area contributed by atoms with E-state index >= 15 is 0 Å². The van der Waals surface area contributed by atoms with Crippen LogP contribution in [-0.2, 0) is 5.41 Å². The van der Waals surface area contributed by atoms with Crippen molar-refractivity contribution in [2.45, 2.75) is 71.3 Å². The fourth-order valence-corrected chi connectivity index (χ4v) is 6.51. The number of hydrogen-bond acceptors (Lipinski definition) is 2. The van der Waals surface area contributed by atoms with E-state index in [4.69, 9.17) is 0 Å². The monoisotopic (exact) mass is 391 g/mol. The number of aromatic nitrogens is 2. The zero-order valence-electron chi connectivity index (χ0n) is 18.1. The molecule has 1 heterocycles. The lowest BCUT2D eigenvalue weighted by Gasteiger charge is -2.54. The van der Waals surface area contributed by atoms with Gasteiger partial charge in [-0.3, -0.25) is 4.79 Å². The Kier molecular flexibility index (Phi) is 4.38. The summed E-state index contributed by atoms with van der Waals surface area (Å²) in [6, 6.07) is 8.70. The van der Waals surface area contributed by atoms with Gasteiger partial charge in [-0.1, -0.05) is 38.5 Å². The molecule has 4 aliphatic rings. The van der Waals surface area contributed by atoms with Crippen LogP contribution in [0.15, 0.2) is 30.5 Å². The predicted molar refractivity (Wildman–Crippen MR) is 115 cm³/mol. The van der Waals surface area contributed by atoms with Gasteiger partial charge >= 0.3 is 0 Å². The molecule has 0 atom stereocenters. The highest BCUT2D eigenvalue weighted by Gasteiger charge is 2.48. The first-order valence-corrected chi connectivity index (χ1v) is 11.3. The summed E-state index contributed by atoms with van der Waals surface area (Å²) in [4.78, 5) is 13.4. The van der Waals surface area contributed by atoms with Crippen molar-refractivity contribution in [1.29, 1.82) is 0 Å². The van der Waals surface area contributed by atoms with Gasteiger partial charge in [-0.25, -0.2) is 4.68 Å². The molecule has 6 rings (SSSR count). The molecule has 0 spiro atoms. The fourth-order valence-electron chi connectivity index (χ4n) is 6.51. The van der Waals surface area contributed by atoms with E-state index in [1.54, 1.807) is 6.20 Å². The van der Waals surface area contributed by atoms with Crippen LogP contribution in [0.25, 0.3) is 5.69 Å². The number of amides is 1. The Morgan fingerprint density at radius 2 is 1.59 bits per heavy atom. The van der Waals surface area contributed by atoms with Crippen LogP contribution >= 0.6 is 0 Å². The third-order valence-electron chi connectivity index (χ3n) is 7.53. The SMILES string of the molecule is Cc1ccc(-n2ncc(C(=O)NC3C4CC5CC(C4)CC3C5)c2C(C)(C)C)cc1. The van der Waals surface area contributed by atoms with Gasteiger partial charge < -0.3 is 5.32 Å². The molecule has 4 heteroatoms. The van der Waals surface area contributed by atoms with Gasteiger partial charge in [0.25, 0.3) is 5.91 Å². The normalized spacial score (nSPS) is 30.6. The maximum Gasteiger partial charge on any atom is 0.255 e. The molecule has 0 saturated heterocycles. The van der Waals surface area contributed by atoms with E-state index in [1.165, 1.54) is 37.7 Å². The largest absolute Gasteiger partial charge is 0.349 e. The number of benzene rings is 1. The van der Waals surface area contributed by atoms with E-state index in [-0.39, 0.29) is 11.3 Å². The lowest BCUT2D eigenvalue weighted by Crippen LogP contribution is -2.55. The second-order valence-corrected chi connectivity index (χ2v) is 10.8. The summed E-state index contributed by atoms with van der Waals surface area (Å²) in [6.45, 7) is 8.57. The molecule has 4 aliphatic carbocycles. The quantitative estimate of drug-likeness (QED) is 0.797. The summed E-state index contributed by atoms with van der Waals surface area (Å²) in [7, 11) is 0. The highest BCUT2D eigenvalue weighted by Crippen LogP contribution is 2.53. The van der Waals surface area contributed by atoms with Crippen LogP contribution in [0.4, 0.5) is 0 Å². The summed E-state index contributed by atoms with van der Waals surface area (Å²) < 4.78 is 1.95. The molecule has 29 heavy (non-hydrogen) atoms. The van der Waals surface area contributed by atoms with Crippen molar-refractivity contribution in [1.82, 2.24) is 15.1 Å². The molecular weight excluding hydrogens is 358 g/mol. The fraction of sp³-hybridized carbons (Fsp3) is 0.600. The molecule has 154 valence electrons. The summed E-state index contributed by atoms with van der Waals surface area (Å²) in [5.74, 6) is 3.26. The summed E-state index contributed by atoms with van der Waals surface area (Å²) in [6.07, 6.45) is 8.45. The first-order chi connectivity index (χ1) is 13.8. The zero-order chi connectivity index (χ0) is 20.3. The average Bonchev–Trinajstić information content (AvgIpc) is 3.10. The average molecular weight is 392 g/mol. The van der Waals surface area contributed by atoms with Gasteiger partial charge in [0.15, 0.2) is 0 Å². The van der Waals surface area contributed by atoms with Crippen molar-refractivity contribution in [2.75, 3.05) is 0 Å². The molecule has 1 N–H and O–H groups in total. The molecular formula is C25H33N3O. The lowest BCUT2D eigenvalue weighted by atomic mass is 9.54. The van der Waals surface area contributed by atoms with Gasteiger partial charge in [-0.15, -0.1) is 0 Å². The van der Waals surface area contributed by atoms with Gasteiger partial charge in [-0.2, -0.15) is 5.10 Å². The van der Waals surface area contributed by atoms with Crippen LogP contribution in [0.3, 0.4) is 0 Å². The minimum Gasteiger partial charge on any atom is -0.349 e. The second kappa shape index (κ2) is 6.72. The number of rotatable bonds is 3. The molecule has 4 saturated carbocycles. The third-order valence-corrected chi connectivity index (χ3v) is 7.53. The molecule has 2 aromatic rings. The second-order valence-electron chi connectivity index (χ2n) is 10.8. The molecule has 0 aliphatic heterocycles. The number of hydrogen-bond donors (Lipinski definition) is 1. The first kappa shape index (κ1) is 18.9. The molecule has 1 aromatic heterocycles. The molecule has 0 radical (unpaired) electrons. The van der Waals surface area contributed by atoms with E-state index in [9.17, 15) is 4.79 Å². The highest BCUT2D eigenvalue weighted by atomic mass is 16.1. The maximum atomic E-state index is 13.4. The van der Waals surface area contributed by atoms with Crippen molar-refractivity contribution in [3.63, 3.8) is 0 Å². The van der Waals surface area contributed by atoms with Gasteiger partial charge in [0.05, 0.1) is 23.1 Å². The number of carbonyl (C=O) groups excluding carboxylic acids is 1. The summed E-state index contributed by atoms with van der Waals surface area (Å²) >= 11 is 0. The van der Waals surface area contributed by atoms with Crippen molar-refractivity contribution in [3.05, 3.63) is 47.3 Å². The smallest absolute Gasteiger partial charge is 0.255 e. The van der Waals surface area contributed by atoms with E-state index in [0.717, 1.165) is 28.8 Å². The molecule has 4 nitrogen and oxygen atoms in total. The standard InChI is InChI=1S/C25H33N3O/c1-15-5-7-20(8-6-15)28-23(25(2,3)4)21(14-26-28)24(29)27-22-18-10-16-9-17(12-18)13-19(22)11-16/h5-8,14,16-19,22H,9-13H2,1-4H3,(H,27,29). The Bertz CT molecular complexity index is 891. The number of carbonyl (C=O) groups is 1. The van der Waals surface area contributed by atoms with E-state index in [0.29, 0.717) is 17.9 Å². The van der Waals surface area contributed by atoms with Crippen LogP contribution < -0.4 is 5.32 Å². The minimum atomic E-state index is -0.182. The lowest BCUT2D eigenvalue weighted by molar-refractivity contribution is -0.0119. The van der Waals surface area contributed by atoms with Crippen LogP contribution in [0.1, 0.15) is 74.5 Å². The Balaban J connectivity index is 1.45. The zero-order valence-corrected chi connectivity index (χ0v) is 18.1. The Labute approximate surface area is 174 Å². The first-order valence-electron chi connectivity index (χ1n) is 11.3. The van der Waals surface area contributed by atoms with Crippen molar-refractivity contribution >= 4 is 5.91 Å². The molecule has 1 aromatic carbocycles. The molecule has 1 amide bonds. The van der Waals surface area contributed by atoms with Gasteiger partial charge in [-0.05, 0) is 74.8 Å². The third kappa shape index (κ3) is 3.31. The van der Waals surface area contributed by atoms with Crippen LogP contribution in [0, 0.1) is 30.6 Å². The topological polar surface area (TPSA) is 46.9 Å². The molecule has 0 unspecified atom stereocenters. The Morgan fingerprint density at radius 1 is 1.00 bits per heavy atom. The van der Waals surface area contributed by atoms with Gasteiger partial charge in [0, 0.05) is 11.5 Å². The maximum absolute atomic E-state index is 13.4. The summed E-state index contributed by atoms with van der Waals surface area (Å²) in [5, 5.41) is 8.12. The minimum absolute atomic E-state index is 0.0609. The number of nitrogens with one attached hydrogen (secondary N) is 1. The molecule has 4 bridgehead atoms. The van der Waals surface area contributed by atoms with E-state index in [1.807, 2.05) is 4.68 Å². The van der Waals surface area contributed by atoms with Crippen molar-refractivity contribution < 1.29 is 4.79 Å². The summed E-state index contributed by atoms with van der Waals surface area (Å²) in [5.41, 5.74) is 3.76.